The van der Waals surface area contributed by atoms with E-state index in [0.717, 1.165) is 11.4 Å². The van der Waals surface area contributed by atoms with Crippen molar-refractivity contribution in [3.8, 4) is 11.6 Å². The van der Waals surface area contributed by atoms with Gasteiger partial charge in [-0.1, -0.05) is 18.2 Å². The number of carbonyl (C=O) groups is 1. The molecular weight excluding hydrogens is 280 g/mol. The largest absolute Gasteiger partial charge is 0.438 e. The van der Waals surface area contributed by atoms with Crippen molar-refractivity contribution in [1.82, 2.24) is 9.78 Å². The molecule has 0 radical (unpaired) electrons. The molecule has 0 spiro atoms. The minimum absolute atomic E-state index is 0.303. The van der Waals surface area contributed by atoms with Gasteiger partial charge in [-0.3, -0.25) is 4.79 Å². The van der Waals surface area contributed by atoms with Gasteiger partial charge in [0.1, 0.15) is 0 Å². The lowest BCUT2D eigenvalue weighted by Crippen LogP contribution is -2.30. The van der Waals surface area contributed by atoms with Gasteiger partial charge in [-0.05, 0) is 39.8 Å². The molecule has 22 heavy (non-hydrogen) atoms. The highest BCUT2D eigenvalue weighted by molar-refractivity contribution is 5.75. The van der Waals surface area contributed by atoms with E-state index in [1.165, 1.54) is 0 Å². The topological polar surface area (TPSA) is 53.4 Å². The first-order valence-electron chi connectivity index (χ1n) is 7.27. The summed E-state index contributed by atoms with van der Waals surface area (Å²) >= 11 is 0. The van der Waals surface area contributed by atoms with E-state index in [1.54, 1.807) is 32.4 Å². The van der Waals surface area contributed by atoms with Crippen molar-refractivity contribution in [3.63, 3.8) is 0 Å². The van der Waals surface area contributed by atoms with Crippen LogP contribution in [0.15, 0.2) is 36.4 Å². The molecule has 2 aromatic rings. The van der Waals surface area contributed by atoms with Crippen LogP contribution in [0.2, 0.25) is 0 Å². The van der Waals surface area contributed by atoms with Crippen molar-refractivity contribution < 1.29 is 14.3 Å². The van der Waals surface area contributed by atoms with Gasteiger partial charge < -0.3 is 9.47 Å². The summed E-state index contributed by atoms with van der Waals surface area (Å²) in [7, 11) is 0. The van der Waals surface area contributed by atoms with E-state index in [2.05, 4.69) is 5.10 Å². The molecule has 1 atom stereocenters. The highest BCUT2D eigenvalue weighted by Gasteiger charge is 2.26. The van der Waals surface area contributed by atoms with Crippen LogP contribution in [-0.4, -0.2) is 22.0 Å². The zero-order valence-electron chi connectivity index (χ0n) is 13.7. The lowest BCUT2D eigenvalue weighted by molar-refractivity contribution is -0.171. The zero-order chi connectivity index (χ0) is 16.3. The number of ether oxygens (including phenoxy) is 2. The molecule has 118 valence electrons. The van der Waals surface area contributed by atoms with E-state index in [-0.39, 0.29) is 5.97 Å². The highest BCUT2D eigenvalue weighted by atomic mass is 16.7. The van der Waals surface area contributed by atoms with Crippen molar-refractivity contribution >= 4 is 5.97 Å². The highest BCUT2D eigenvalue weighted by Crippen LogP contribution is 2.22. The average molecular weight is 302 g/mol. The fraction of sp³-hybridized carbons (Fsp3) is 0.412. The van der Waals surface area contributed by atoms with Gasteiger partial charge in [0.25, 0.3) is 0 Å². The van der Waals surface area contributed by atoms with Crippen molar-refractivity contribution in [3.05, 3.63) is 42.1 Å². The summed E-state index contributed by atoms with van der Waals surface area (Å²) in [5.41, 5.74) is 1.15. The molecule has 0 aliphatic heterocycles. The van der Waals surface area contributed by atoms with Crippen LogP contribution in [-0.2, 0) is 9.53 Å². The maximum Gasteiger partial charge on any atom is 0.314 e. The molecule has 0 N–H and O–H groups in total. The smallest absolute Gasteiger partial charge is 0.314 e. The number of aromatic nitrogens is 2. The Bertz CT molecular complexity index is 642. The van der Waals surface area contributed by atoms with Crippen LogP contribution < -0.4 is 4.74 Å². The van der Waals surface area contributed by atoms with Crippen LogP contribution in [0.1, 0.15) is 33.4 Å². The first-order chi connectivity index (χ1) is 10.3. The number of hydrogen-bond donors (Lipinski definition) is 0. The van der Waals surface area contributed by atoms with Gasteiger partial charge >= 0.3 is 5.97 Å². The van der Waals surface area contributed by atoms with Crippen LogP contribution in [0.4, 0.5) is 0 Å². The molecule has 0 aliphatic carbocycles. The summed E-state index contributed by atoms with van der Waals surface area (Å²) in [6.45, 7) is 9.00. The van der Waals surface area contributed by atoms with Crippen molar-refractivity contribution in [2.45, 2.75) is 40.9 Å². The third-order valence-corrected chi connectivity index (χ3v) is 2.97. The molecule has 2 rings (SSSR count). The lowest BCUT2D eigenvalue weighted by atomic mass is 9.97. The van der Waals surface area contributed by atoms with E-state index in [4.69, 9.17) is 9.47 Å². The molecule has 1 aromatic carbocycles. The van der Waals surface area contributed by atoms with Gasteiger partial charge in [-0.25, -0.2) is 4.68 Å². The number of para-hydroxylation sites is 1. The monoisotopic (exact) mass is 302 g/mol. The summed E-state index contributed by atoms with van der Waals surface area (Å²) in [6.07, 6.45) is -0.690. The minimum Gasteiger partial charge on any atom is -0.438 e. The maximum absolute atomic E-state index is 11.9. The summed E-state index contributed by atoms with van der Waals surface area (Å²) in [6, 6.07) is 11.5. The SMILES string of the molecule is Cc1cc(OC(C)OC(=O)C(C)(C)C)n(-c2ccccc2)n1. The van der Waals surface area contributed by atoms with E-state index in [0.29, 0.717) is 5.88 Å². The fourth-order valence-corrected chi connectivity index (χ4v) is 1.84. The Morgan fingerprint density at radius 2 is 1.86 bits per heavy atom. The zero-order valence-corrected chi connectivity index (χ0v) is 13.7. The van der Waals surface area contributed by atoms with Crippen molar-refractivity contribution in [1.29, 1.82) is 0 Å². The van der Waals surface area contributed by atoms with Crippen LogP contribution >= 0.6 is 0 Å². The van der Waals surface area contributed by atoms with Crippen LogP contribution in [0.25, 0.3) is 5.69 Å². The normalized spacial score (nSPS) is 12.8. The molecule has 5 nitrogen and oxygen atoms in total. The summed E-state index contributed by atoms with van der Waals surface area (Å²) in [5.74, 6) is 0.236. The second kappa shape index (κ2) is 6.22. The van der Waals surface area contributed by atoms with Gasteiger partial charge in [-0.15, -0.1) is 0 Å². The van der Waals surface area contributed by atoms with Crippen molar-refractivity contribution in [2.75, 3.05) is 0 Å². The molecule has 5 heteroatoms. The second-order valence-corrected chi connectivity index (χ2v) is 6.21. The summed E-state index contributed by atoms with van der Waals surface area (Å²) < 4.78 is 12.8. The Morgan fingerprint density at radius 3 is 2.45 bits per heavy atom. The summed E-state index contributed by atoms with van der Waals surface area (Å²) in [5, 5.41) is 4.41. The molecule has 1 heterocycles. The van der Waals surface area contributed by atoms with Gasteiger partial charge in [0, 0.05) is 13.0 Å². The maximum atomic E-state index is 11.9. The number of esters is 1. The second-order valence-electron chi connectivity index (χ2n) is 6.21. The van der Waals surface area contributed by atoms with E-state index in [1.807, 2.05) is 43.3 Å². The third kappa shape index (κ3) is 3.87. The van der Waals surface area contributed by atoms with E-state index in [9.17, 15) is 4.79 Å². The molecule has 1 unspecified atom stereocenters. The molecule has 0 aliphatic rings. The predicted molar refractivity (Wildman–Crippen MR) is 83.9 cm³/mol. The molecule has 0 fully saturated rings. The van der Waals surface area contributed by atoms with Gasteiger partial charge in [0.15, 0.2) is 0 Å². The van der Waals surface area contributed by atoms with Crippen molar-refractivity contribution in [2.24, 2.45) is 5.41 Å². The summed E-state index contributed by atoms with van der Waals surface area (Å²) in [4.78, 5) is 11.9. The first-order valence-corrected chi connectivity index (χ1v) is 7.27. The van der Waals surface area contributed by atoms with Gasteiger partial charge in [0.2, 0.25) is 12.2 Å². The number of nitrogens with zero attached hydrogens (tertiary/aromatic N) is 2. The predicted octanol–water partition coefficient (Wildman–Crippen LogP) is 3.49. The molecule has 0 saturated heterocycles. The Hall–Kier alpha value is -2.30. The number of aryl methyl sites for hydroxylation is 1. The Balaban J connectivity index is 2.15. The average Bonchev–Trinajstić information content (AvgIpc) is 2.79. The Kier molecular flexibility index (Phi) is 4.54. The van der Waals surface area contributed by atoms with Crippen LogP contribution in [0.3, 0.4) is 0 Å². The molecule has 0 bridgehead atoms. The standard InChI is InChI=1S/C17H22N2O3/c1-12-11-15(19(18-12)14-9-7-6-8-10-14)21-13(2)22-16(20)17(3,4)5/h6-11,13H,1-5H3. The number of carbonyl (C=O) groups excluding carboxylic acids is 1. The van der Waals surface area contributed by atoms with Crippen LogP contribution in [0, 0.1) is 12.3 Å². The molecular formula is C17H22N2O3. The molecule has 0 amide bonds. The fourth-order valence-electron chi connectivity index (χ4n) is 1.84. The third-order valence-electron chi connectivity index (χ3n) is 2.97. The molecule has 1 aromatic heterocycles. The quantitative estimate of drug-likeness (QED) is 0.641. The van der Waals surface area contributed by atoms with E-state index < -0.39 is 11.7 Å². The Morgan fingerprint density at radius 1 is 1.23 bits per heavy atom. The van der Waals surface area contributed by atoms with Crippen LogP contribution in [0.5, 0.6) is 5.88 Å². The number of rotatable bonds is 4. The molecule has 0 saturated carbocycles. The first kappa shape index (κ1) is 16.1. The number of benzene rings is 1. The van der Waals surface area contributed by atoms with Gasteiger partial charge in [-0.2, -0.15) is 5.10 Å². The number of hydrogen-bond acceptors (Lipinski definition) is 4. The Labute approximate surface area is 130 Å². The van der Waals surface area contributed by atoms with E-state index >= 15 is 0 Å². The van der Waals surface area contributed by atoms with Gasteiger partial charge in [0.05, 0.1) is 16.8 Å². The minimum atomic E-state index is -0.690. The lowest BCUT2D eigenvalue weighted by Gasteiger charge is -2.21.